The van der Waals surface area contributed by atoms with E-state index in [2.05, 4.69) is 6.92 Å². The van der Waals surface area contributed by atoms with Crippen LogP contribution in [0.25, 0.3) is 0 Å². The summed E-state index contributed by atoms with van der Waals surface area (Å²) in [6.07, 6.45) is 3.02. The Bertz CT molecular complexity index is 575. The number of hydrogen-bond acceptors (Lipinski definition) is 3. The summed E-state index contributed by atoms with van der Waals surface area (Å²) < 4.78 is 26.9. The van der Waals surface area contributed by atoms with Gasteiger partial charge in [-0.25, -0.2) is 8.42 Å². The van der Waals surface area contributed by atoms with Crippen LogP contribution in [-0.2, 0) is 16.6 Å². The van der Waals surface area contributed by atoms with E-state index in [0.717, 1.165) is 24.8 Å². The van der Waals surface area contributed by atoms with Crippen molar-refractivity contribution in [2.24, 2.45) is 11.7 Å². The van der Waals surface area contributed by atoms with E-state index < -0.39 is 10.0 Å². The molecule has 2 rings (SSSR count). The van der Waals surface area contributed by atoms with Crippen LogP contribution in [0.3, 0.4) is 0 Å². The van der Waals surface area contributed by atoms with Crippen LogP contribution < -0.4 is 5.73 Å². The molecular weight excluding hydrogens is 296 g/mol. The Labute approximate surface area is 126 Å². The number of halogens is 1. The van der Waals surface area contributed by atoms with Crippen LogP contribution in [0.2, 0.25) is 5.02 Å². The van der Waals surface area contributed by atoms with Crippen LogP contribution in [0.4, 0.5) is 0 Å². The molecule has 0 bridgehead atoms. The number of nitrogens with two attached hydrogens (primary N) is 1. The Kier molecular flexibility index (Phi) is 5.07. The summed E-state index contributed by atoms with van der Waals surface area (Å²) in [6, 6.07) is 4.92. The van der Waals surface area contributed by atoms with E-state index in [9.17, 15) is 8.42 Å². The van der Waals surface area contributed by atoms with Crippen molar-refractivity contribution >= 4 is 21.6 Å². The van der Waals surface area contributed by atoms with Gasteiger partial charge >= 0.3 is 0 Å². The highest BCUT2D eigenvalue weighted by Crippen LogP contribution is 2.29. The lowest BCUT2D eigenvalue weighted by molar-refractivity contribution is 0.261. The Morgan fingerprint density at radius 1 is 1.45 bits per heavy atom. The first kappa shape index (κ1) is 15.8. The summed E-state index contributed by atoms with van der Waals surface area (Å²) in [4.78, 5) is 0.188. The van der Waals surface area contributed by atoms with Crippen LogP contribution >= 0.6 is 11.6 Å². The Hall–Kier alpha value is -0.620. The van der Waals surface area contributed by atoms with Gasteiger partial charge in [0.25, 0.3) is 0 Å². The number of sulfonamides is 1. The molecule has 0 radical (unpaired) electrons. The smallest absolute Gasteiger partial charge is 0.244 e. The van der Waals surface area contributed by atoms with Gasteiger partial charge in [0.05, 0.1) is 5.02 Å². The molecule has 1 fully saturated rings. The summed E-state index contributed by atoms with van der Waals surface area (Å²) in [5.41, 5.74) is 6.37. The van der Waals surface area contributed by atoms with Crippen LogP contribution in [0.15, 0.2) is 23.1 Å². The number of nitrogens with zero attached hydrogens (tertiary/aromatic N) is 1. The van der Waals surface area contributed by atoms with Gasteiger partial charge in [0, 0.05) is 19.6 Å². The average Bonchev–Trinajstić information content (AvgIpc) is 2.46. The Morgan fingerprint density at radius 2 is 2.20 bits per heavy atom. The number of hydrogen-bond donors (Lipinski definition) is 1. The largest absolute Gasteiger partial charge is 0.326 e. The summed E-state index contributed by atoms with van der Waals surface area (Å²) >= 11 is 6.12. The zero-order valence-electron chi connectivity index (χ0n) is 11.7. The predicted molar refractivity (Wildman–Crippen MR) is 81.1 cm³/mol. The first-order chi connectivity index (χ1) is 9.48. The van der Waals surface area contributed by atoms with E-state index in [4.69, 9.17) is 17.3 Å². The molecule has 2 N–H and O–H groups in total. The van der Waals surface area contributed by atoms with E-state index in [0.29, 0.717) is 25.6 Å². The molecule has 0 saturated carbocycles. The third-order valence-electron chi connectivity index (χ3n) is 3.91. The predicted octanol–water partition coefficient (Wildman–Crippen LogP) is 2.61. The number of piperidine rings is 1. The van der Waals surface area contributed by atoms with E-state index >= 15 is 0 Å². The van der Waals surface area contributed by atoms with Gasteiger partial charge in [-0.2, -0.15) is 4.31 Å². The molecule has 1 atom stereocenters. The minimum Gasteiger partial charge on any atom is -0.326 e. The van der Waals surface area contributed by atoms with E-state index in [1.165, 1.54) is 0 Å². The van der Waals surface area contributed by atoms with Gasteiger partial charge in [0.2, 0.25) is 10.0 Å². The fourth-order valence-electron chi connectivity index (χ4n) is 2.60. The first-order valence-electron chi connectivity index (χ1n) is 6.97. The van der Waals surface area contributed by atoms with Crippen molar-refractivity contribution < 1.29 is 8.42 Å². The highest BCUT2D eigenvalue weighted by atomic mass is 35.5. The lowest BCUT2D eigenvalue weighted by Crippen LogP contribution is -2.39. The van der Waals surface area contributed by atoms with Crippen LogP contribution in [0.5, 0.6) is 0 Å². The van der Waals surface area contributed by atoms with Crippen LogP contribution in [-0.4, -0.2) is 25.8 Å². The van der Waals surface area contributed by atoms with Crippen LogP contribution in [0, 0.1) is 5.92 Å². The van der Waals surface area contributed by atoms with Gasteiger partial charge < -0.3 is 5.73 Å². The van der Waals surface area contributed by atoms with Gasteiger partial charge in [0.1, 0.15) is 4.90 Å². The van der Waals surface area contributed by atoms with Gasteiger partial charge in [-0.15, -0.1) is 0 Å². The molecule has 0 aliphatic carbocycles. The lowest BCUT2D eigenvalue weighted by atomic mass is 9.97. The van der Waals surface area contributed by atoms with Gasteiger partial charge in [-0.1, -0.05) is 31.0 Å². The molecule has 1 saturated heterocycles. The second-order valence-corrected chi connectivity index (χ2v) is 7.56. The summed E-state index contributed by atoms with van der Waals surface area (Å²) in [5, 5.41) is 0.256. The highest BCUT2D eigenvalue weighted by Gasteiger charge is 2.30. The van der Waals surface area contributed by atoms with E-state index in [1.54, 1.807) is 22.5 Å². The molecular formula is C14H21ClN2O2S. The van der Waals surface area contributed by atoms with E-state index in [-0.39, 0.29) is 9.92 Å². The van der Waals surface area contributed by atoms with Crippen molar-refractivity contribution in [2.45, 2.75) is 37.6 Å². The molecule has 0 amide bonds. The monoisotopic (exact) mass is 316 g/mol. The molecule has 1 aromatic rings. The Morgan fingerprint density at radius 3 is 2.80 bits per heavy atom. The first-order valence-corrected chi connectivity index (χ1v) is 8.79. The quantitative estimate of drug-likeness (QED) is 0.928. The molecule has 6 heteroatoms. The topological polar surface area (TPSA) is 63.4 Å². The third kappa shape index (κ3) is 3.17. The molecule has 4 nitrogen and oxygen atoms in total. The van der Waals surface area contributed by atoms with Crippen molar-refractivity contribution in [1.82, 2.24) is 4.31 Å². The number of rotatable bonds is 4. The molecule has 20 heavy (non-hydrogen) atoms. The summed E-state index contributed by atoms with van der Waals surface area (Å²) in [5.74, 6) is 0.445. The van der Waals surface area contributed by atoms with Crippen LogP contribution in [0.1, 0.15) is 31.7 Å². The molecule has 0 spiro atoms. The maximum atomic E-state index is 12.7. The van der Waals surface area contributed by atoms with Gasteiger partial charge in [-0.05, 0) is 36.5 Å². The normalized spacial score (nSPS) is 21.1. The highest BCUT2D eigenvalue weighted by molar-refractivity contribution is 7.89. The fraction of sp³-hybridized carbons (Fsp3) is 0.571. The molecule has 1 aliphatic rings. The van der Waals surface area contributed by atoms with Crippen molar-refractivity contribution in [3.63, 3.8) is 0 Å². The second kappa shape index (κ2) is 6.43. The lowest BCUT2D eigenvalue weighted by Gasteiger charge is -2.31. The van der Waals surface area contributed by atoms with Crippen molar-refractivity contribution in [3.05, 3.63) is 28.8 Å². The summed E-state index contributed by atoms with van der Waals surface area (Å²) in [6.45, 7) is 3.62. The Balaban J connectivity index is 2.30. The number of benzene rings is 1. The average molecular weight is 317 g/mol. The molecule has 1 heterocycles. The fourth-order valence-corrected chi connectivity index (χ4v) is 4.69. The van der Waals surface area contributed by atoms with Crippen molar-refractivity contribution in [3.8, 4) is 0 Å². The molecule has 0 aromatic heterocycles. The van der Waals surface area contributed by atoms with Crippen molar-refractivity contribution in [1.29, 1.82) is 0 Å². The zero-order chi connectivity index (χ0) is 14.8. The molecule has 112 valence electrons. The van der Waals surface area contributed by atoms with Crippen molar-refractivity contribution in [2.75, 3.05) is 13.1 Å². The molecule has 1 unspecified atom stereocenters. The van der Waals surface area contributed by atoms with Gasteiger partial charge in [0.15, 0.2) is 0 Å². The minimum atomic E-state index is -3.50. The minimum absolute atomic E-state index is 0.188. The van der Waals surface area contributed by atoms with E-state index in [1.807, 2.05) is 0 Å². The second-order valence-electron chi connectivity index (χ2n) is 5.25. The van der Waals surface area contributed by atoms with Gasteiger partial charge in [-0.3, -0.25) is 0 Å². The maximum absolute atomic E-state index is 12.7. The maximum Gasteiger partial charge on any atom is 0.244 e. The molecule has 1 aliphatic heterocycles. The SMILES string of the molecule is CCC1CCCN(S(=O)(=O)c2ccc(CN)cc2Cl)C1. The third-order valence-corrected chi connectivity index (χ3v) is 6.26. The summed E-state index contributed by atoms with van der Waals surface area (Å²) in [7, 11) is -3.50. The molecule has 1 aromatic carbocycles. The standard InChI is InChI=1S/C14H21ClN2O2S/c1-2-11-4-3-7-17(10-11)20(18,19)14-6-5-12(9-16)8-13(14)15/h5-6,8,11H,2-4,7,9-10,16H2,1H3. The zero-order valence-corrected chi connectivity index (χ0v) is 13.3.